The molecule has 4 nitrogen and oxygen atoms in total. The predicted molar refractivity (Wildman–Crippen MR) is 53.1 cm³/mol. The maximum atomic E-state index is 5.39. The van der Waals surface area contributed by atoms with Gasteiger partial charge in [0.05, 0.1) is 6.73 Å². The van der Waals surface area contributed by atoms with E-state index in [1.807, 2.05) is 43.3 Å². The summed E-state index contributed by atoms with van der Waals surface area (Å²) in [6.45, 7) is 0.471. The number of nitrogens with zero attached hydrogens (tertiary/aromatic N) is 1. The smallest absolute Gasteiger partial charge is 0.498 e. The van der Waals surface area contributed by atoms with Crippen LogP contribution >= 0.6 is 0 Å². The SMILES string of the molecule is CN(C)COB1Oc2ccccc2O1. The van der Waals surface area contributed by atoms with E-state index in [-0.39, 0.29) is 0 Å². The average molecular weight is 193 g/mol. The van der Waals surface area contributed by atoms with Gasteiger partial charge in [0.15, 0.2) is 0 Å². The molecule has 14 heavy (non-hydrogen) atoms. The first-order chi connectivity index (χ1) is 6.75. The Balaban J connectivity index is 1.92. The Hall–Kier alpha value is -1.20. The average Bonchev–Trinajstić information content (AvgIpc) is 2.57. The summed E-state index contributed by atoms with van der Waals surface area (Å²) in [5.41, 5.74) is 0. The van der Waals surface area contributed by atoms with E-state index >= 15 is 0 Å². The maximum Gasteiger partial charge on any atom is 0.789 e. The molecule has 0 atom stereocenters. The molecule has 74 valence electrons. The normalized spacial score (nSPS) is 13.8. The van der Waals surface area contributed by atoms with Gasteiger partial charge < -0.3 is 14.0 Å². The van der Waals surface area contributed by atoms with Crippen molar-refractivity contribution in [1.82, 2.24) is 4.90 Å². The van der Waals surface area contributed by atoms with Crippen molar-refractivity contribution in [2.75, 3.05) is 20.8 Å². The van der Waals surface area contributed by atoms with E-state index < -0.39 is 7.32 Å². The van der Waals surface area contributed by atoms with Crippen LogP contribution in [0.15, 0.2) is 24.3 Å². The number of hydrogen-bond donors (Lipinski definition) is 0. The van der Waals surface area contributed by atoms with Crippen molar-refractivity contribution >= 4 is 7.32 Å². The van der Waals surface area contributed by atoms with E-state index in [9.17, 15) is 0 Å². The first kappa shape index (κ1) is 9.36. The van der Waals surface area contributed by atoms with Crippen molar-refractivity contribution in [2.24, 2.45) is 0 Å². The van der Waals surface area contributed by atoms with Crippen molar-refractivity contribution in [3.05, 3.63) is 24.3 Å². The second-order valence-electron chi connectivity index (χ2n) is 3.35. The van der Waals surface area contributed by atoms with Crippen LogP contribution in [0.25, 0.3) is 0 Å². The fourth-order valence-corrected chi connectivity index (χ4v) is 1.15. The maximum absolute atomic E-state index is 5.39. The van der Waals surface area contributed by atoms with Gasteiger partial charge in [-0.15, -0.1) is 0 Å². The molecule has 0 bridgehead atoms. The third-order valence-electron chi connectivity index (χ3n) is 1.76. The van der Waals surface area contributed by atoms with E-state index in [0.29, 0.717) is 6.73 Å². The minimum atomic E-state index is -0.616. The second kappa shape index (κ2) is 3.90. The lowest BCUT2D eigenvalue weighted by atomic mass is 10.2. The third kappa shape index (κ3) is 2.00. The predicted octanol–water partition coefficient (Wildman–Crippen LogP) is 0.978. The summed E-state index contributed by atoms with van der Waals surface area (Å²) in [5.74, 6) is 1.47. The lowest BCUT2D eigenvalue weighted by molar-refractivity contribution is 0.132. The van der Waals surface area contributed by atoms with Crippen LogP contribution < -0.4 is 9.31 Å². The molecule has 0 saturated heterocycles. The zero-order valence-electron chi connectivity index (χ0n) is 8.27. The highest BCUT2D eigenvalue weighted by molar-refractivity contribution is 6.40. The first-order valence-corrected chi connectivity index (χ1v) is 4.44. The highest BCUT2D eigenvalue weighted by Crippen LogP contribution is 2.32. The fourth-order valence-electron chi connectivity index (χ4n) is 1.15. The topological polar surface area (TPSA) is 30.9 Å². The van der Waals surface area contributed by atoms with Crippen LogP contribution in [0.1, 0.15) is 0 Å². The molecule has 0 spiro atoms. The monoisotopic (exact) mass is 193 g/mol. The summed E-state index contributed by atoms with van der Waals surface area (Å²) in [4.78, 5) is 1.90. The van der Waals surface area contributed by atoms with Crippen LogP contribution in [-0.4, -0.2) is 33.0 Å². The van der Waals surface area contributed by atoms with Crippen molar-refractivity contribution in [3.63, 3.8) is 0 Å². The zero-order chi connectivity index (χ0) is 9.97. The molecule has 1 aliphatic rings. The van der Waals surface area contributed by atoms with Gasteiger partial charge in [0.1, 0.15) is 11.5 Å². The van der Waals surface area contributed by atoms with Gasteiger partial charge in [-0.1, -0.05) is 12.1 Å². The van der Waals surface area contributed by atoms with Crippen LogP contribution in [0.2, 0.25) is 0 Å². The standard InChI is InChI=1S/C9H12BNO3/c1-11(2)7-12-10-13-8-5-3-4-6-9(8)14-10/h3-6H,7H2,1-2H3. The van der Waals surface area contributed by atoms with E-state index in [4.69, 9.17) is 14.0 Å². The molecular formula is C9H12BNO3. The minimum Gasteiger partial charge on any atom is -0.498 e. The van der Waals surface area contributed by atoms with Crippen LogP contribution in [0, 0.1) is 0 Å². The Bertz CT molecular complexity index is 294. The Morgan fingerprint density at radius 3 is 2.29 bits per heavy atom. The van der Waals surface area contributed by atoms with Gasteiger partial charge in [-0.25, -0.2) is 0 Å². The Labute approximate surface area is 83.5 Å². The molecule has 0 radical (unpaired) electrons. The third-order valence-corrected chi connectivity index (χ3v) is 1.76. The quantitative estimate of drug-likeness (QED) is 0.528. The lowest BCUT2D eigenvalue weighted by Crippen LogP contribution is -2.33. The van der Waals surface area contributed by atoms with Gasteiger partial charge in [-0.05, 0) is 26.2 Å². The number of benzene rings is 1. The molecule has 1 aromatic rings. The lowest BCUT2D eigenvalue weighted by Gasteiger charge is -2.10. The summed E-state index contributed by atoms with van der Waals surface area (Å²) in [6.07, 6.45) is 0. The van der Waals surface area contributed by atoms with E-state index in [0.717, 1.165) is 11.5 Å². The van der Waals surface area contributed by atoms with Crippen molar-refractivity contribution < 1.29 is 14.0 Å². The summed E-state index contributed by atoms with van der Waals surface area (Å²) < 4.78 is 16.1. The van der Waals surface area contributed by atoms with E-state index in [2.05, 4.69) is 0 Å². The summed E-state index contributed by atoms with van der Waals surface area (Å²) >= 11 is 0. The molecule has 0 amide bonds. The van der Waals surface area contributed by atoms with Gasteiger partial charge in [0, 0.05) is 0 Å². The van der Waals surface area contributed by atoms with Gasteiger partial charge in [0.2, 0.25) is 0 Å². The van der Waals surface area contributed by atoms with Crippen LogP contribution in [0.5, 0.6) is 11.5 Å². The number of hydrogen-bond acceptors (Lipinski definition) is 4. The molecule has 0 fully saturated rings. The Morgan fingerprint density at radius 2 is 1.79 bits per heavy atom. The molecule has 0 saturated carbocycles. The van der Waals surface area contributed by atoms with Gasteiger partial charge in [-0.3, -0.25) is 4.90 Å². The molecule has 1 aromatic carbocycles. The molecule has 5 heteroatoms. The largest absolute Gasteiger partial charge is 0.789 e. The van der Waals surface area contributed by atoms with Crippen molar-refractivity contribution in [2.45, 2.75) is 0 Å². The van der Waals surface area contributed by atoms with Gasteiger partial charge in [0.25, 0.3) is 0 Å². The molecule has 2 rings (SSSR count). The first-order valence-electron chi connectivity index (χ1n) is 4.44. The van der Waals surface area contributed by atoms with Crippen LogP contribution in [-0.2, 0) is 4.65 Å². The number of para-hydroxylation sites is 2. The molecule has 0 aliphatic carbocycles. The van der Waals surface area contributed by atoms with Crippen molar-refractivity contribution in [3.8, 4) is 11.5 Å². The van der Waals surface area contributed by atoms with E-state index in [1.54, 1.807) is 0 Å². The van der Waals surface area contributed by atoms with Crippen molar-refractivity contribution in [1.29, 1.82) is 0 Å². The summed E-state index contributed by atoms with van der Waals surface area (Å²) in [6, 6.07) is 7.51. The fraction of sp³-hybridized carbons (Fsp3) is 0.333. The number of fused-ring (bicyclic) bond motifs is 1. The van der Waals surface area contributed by atoms with Gasteiger partial charge in [-0.2, -0.15) is 0 Å². The Morgan fingerprint density at radius 1 is 1.21 bits per heavy atom. The second-order valence-corrected chi connectivity index (χ2v) is 3.35. The molecule has 1 heterocycles. The number of rotatable bonds is 3. The molecule has 0 N–H and O–H groups in total. The summed E-state index contributed by atoms with van der Waals surface area (Å²) in [7, 11) is 3.22. The highest BCUT2D eigenvalue weighted by atomic mass is 16.8. The van der Waals surface area contributed by atoms with Crippen LogP contribution in [0.3, 0.4) is 0 Å². The minimum absolute atomic E-state index is 0.471. The summed E-state index contributed by atoms with van der Waals surface area (Å²) in [5, 5.41) is 0. The van der Waals surface area contributed by atoms with Crippen LogP contribution in [0.4, 0.5) is 0 Å². The van der Waals surface area contributed by atoms with E-state index in [1.165, 1.54) is 0 Å². The molecular weight excluding hydrogens is 181 g/mol. The molecule has 0 unspecified atom stereocenters. The Kier molecular flexibility index (Phi) is 2.61. The molecule has 0 aromatic heterocycles. The highest BCUT2D eigenvalue weighted by Gasteiger charge is 2.34. The van der Waals surface area contributed by atoms with Gasteiger partial charge >= 0.3 is 7.32 Å². The molecule has 1 aliphatic heterocycles. The zero-order valence-corrected chi connectivity index (χ0v) is 8.27.